The molecule has 30 heavy (non-hydrogen) atoms. The highest BCUT2D eigenvalue weighted by atomic mass is 16.6. The van der Waals surface area contributed by atoms with E-state index in [1.165, 1.54) is 0 Å². The third-order valence-corrected chi connectivity index (χ3v) is 6.45. The van der Waals surface area contributed by atoms with E-state index in [0.717, 1.165) is 23.8 Å². The third kappa shape index (κ3) is 3.35. The molecule has 1 aliphatic carbocycles. The molecule has 2 aliphatic heterocycles. The van der Waals surface area contributed by atoms with Gasteiger partial charge in [0.15, 0.2) is 0 Å². The fourth-order valence-corrected chi connectivity index (χ4v) is 4.56. The maximum atomic E-state index is 12.5. The number of hydrogen-bond donors (Lipinski definition) is 0. The van der Waals surface area contributed by atoms with E-state index in [1.54, 1.807) is 6.07 Å². The molecule has 6 nitrogen and oxygen atoms in total. The van der Waals surface area contributed by atoms with E-state index < -0.39 is 5.97 Å². The van der Waals surface area contributed by atoms with Gasteiger partial charge in [0, 0.05) is 16.9 Å². The van der Waals surface area contributed by atoms with Crippen LogP contribution in [0.2, 0.25) is 0 Å². The van der Waals surface area contributed by atoms with Crippen LogP contribution in [0.25, 0.3) is 11.0 Å². The first kappa shape index (κ1) is 19.1. The van der Waals surface area contributed by atoms with Gasteiger partial charge in [-0.2, -0.15) is 0 Å². The highest BCUT2D eigenvalue weighted by Gasteiger charge is 2.61. The summed E-state index contributed by atoms with van der Waals surface area (Å²) in [7, 11) is 0. The Hall–Kier alpha value is -2.86. The standard InChI is InChI=1S/C24H24O6/c1-14-17-10-9-15(6-5-11-24(2)21(30-24)20(17)29-22(14)25)13-27-23(26)19-12-16-7-3-4-8-18(16)28-19/h3-4,6-8,12,17,20-21H,1,5,9-11,13H2,2H3/b15-6+/t17-,20-,21-,24+/m0/s1. The highest BCUT2D eigenvalue weighted by Crippen LogP contribution is 2.49. The van der Waals surface area contributed by atoms with Crippen molar-refractivity contribution >= 4 is 22.9 Å². The molecular weight excluding hydrogens is 384 g/mol. The van der Waals surface area contributed by atoms with E-state index in [2.05, 4.69) is 19.6 Å². The van der Waals surface area contributed by atoms with Crippen molar-refractivity contribution in [3.05, 3.63) is 59.9 Å². The molecular formula is C24H24O6. The van der Waals surface area contributed by atoms with Gasteiger partial charge in [-0.3, -0.25) is 0 Å². The van der Waals surface area contributed by atoms with Crippen LogP contribution in [0, 0.1) is 5.92 Å². The van der Waals surface area contributed by atoms with Gasteiger partial charge >= 0.3 is 11.9 Å². The minimum absolute atomic E-state index is 0.0634. The van der Waals surface area contributed by atoms with Crippen LogP contribution in [0.3, 0.4) is 0 Å². The van der Waals surface area contributed by atoms with Gasteiger partial charge < -0.3 is 18.6 Å². The zero-order chi connectivity index (χ0) is 20.9. The Labute approximate surface area is 174 Å². The van der Waals surface area contributed by atoms with Gasteiger partial charge in [-0.15, -0.1) is 0 Å². The number of furan rings is 1. The number of fused-ring (bicyclic) bond motifs is 4. The first-order valence-corrected chi connectivity index (χ1v) is 10.4. The molecule has 2 aromatic rings. The summed E-state index contributed by atoms with van der Waals surface area (Å²) in [5, 5.41) is 0.866. The summed E-state index contributed by atoms with van der Waals surface area (Å²) >= 11 is 0. The van der Waals surface area contributed by atoms with Crippen LogP contribution in [0.15, 0.2) is 58.6 Å². The fraction of sp³-hybridized carbons (Fsp3) is 0.417. The van der Waals surface area contributed by atoms with Gasteiger partial charge in [0.2, 0.25) is 5.76 Å². The second-order valence-electron chi connectivity index (χ2n) is 8.52. The van der Waals surface area contributed by atoms with Crippen LogP contribution in [0.1, 0.15) is 43.2 Å². The Morgan fingerprint density at radius 2 is 2.17 bits per heavy atom. The molecule has 2 fully saturated rings. The van der Waals surface area contributed by atoms with Gasteiger partial charge in [-0.25, -0.2) is 9.59 Å². The first-order chi connectivity index (χ1) is 14.4. The van der Waals surface area contributed by atoms with Crippen molar-refractivity contribution in [2.75, 3.05) is 6.61 Å². The van der Waals surface area contributed by atoms with Crippen molar-refractivity contribution in [2.45, 2.75) is 50.4 Å². The van der Waals surface area contributed by atoms with Crippen LogP contribution in [-0.2, 0) is 19.0 Å². The van der Waals surface area contributed by atoms with Crippen molar-refractivity contribution in [3.63, 3.8) is 0 Å². The van der Waals surface area contributed by atoms with Crippen molar-refractivity contribution in [1.29, 1.82) is 0 Å². The molecule has 0 spiro atoms. The van der Waals surface area contributed by atoms with E-state index in [9.17, 15) is 9.59 Å². The maximum Gasteiger partial charge on any atom is 0.374 e. The molecule has 0 saturated carbocycles. The first-order valence-electron chi connectivity index (χ1n) is 10.4. The normalized spacial score (nSPS) is 32.6. The lowest BCUT2D eigenvalue weighted by Crippen LogP contribution is -2.29. The predicted molar refractivity (Wildman–Crippen MR) is 109 cm³/mol. The number of benzene rings is 1. The van der Waals surface area contributed by atoms with E-state index in [-0.39, 0.29) is 42.1 Å². The molecule has 0 radical (unpaired) electrons. The van der Waals surface area contributed by atoms with E-state index in [4.69, 9.17) is 18.6 Å². The van der Waals surface area contributed by atoms with Crippen molar-refractivity contribution in [2.24, 2.45) is 5.92 Å². The smallest absolute Gasteiger partial charge is 0.374 e. The lowest BCUT2D eigenvalue weighted by Gasteiger charge is -2.20. The molecule has 3 heterocycles. The average molecular weight is 408 g/mol. The largest absolute Gasteiger partial charge is 0.455 e. The monoisotopic (exact) mass is 408 g/mol. The SMILES string of the molecule is C=C1C(=O)O[C@H]2[C@H]1CC/C(COC(=O)c1cc3ccccc3o1)=C\CC[C@@]1(C)O[C@@H]21. The molecule has 2 saturated heterocycles. The number of allylic oxidation sites excluding steroid dienone is 1. The number of carbonyl (C=O) groups excluding carboxylic acids is 2. The van der Waals surface area contributed by atoms with E-state index in [1.807, 2.05) is 24.3 Å². The van der Waals surface area contributed by atoms with Crippen molar-refractivity contribution in [1.82, 2.24) is 0 Å². The average Bonchev–Trinajstić information content (AvgIpc) is 3.07. The lowest BCUT2D eigenvalue weighted by molar-refractivity contribution is -0.140. The Kier molecular flexibility index (Phi) is 4.54. The summed E-state index contributed by atoms with van der Waals surface area (Å²) in [6.07, 6.45) is 4.84. The van der Waals surface area contributed by atoms with Crippen molar-refractivity contribution in [3.8, 4) is 0 Å². The molecule has 3 aliphatic rings. The molecule has 6 heteroatoms. The van der Waals surface area contributed by atoms with Gasteiger partial charge in [0.05, 0.1) is 5.60 Å². The Bertz CT molecular complexity index is 1030. The van der Waals surface area contributed by atoms with Gasteiger partial charge in [-0.1, -0.05) is 30.9 Å². The van der Waals surface area contributed by atoms with Gasteiger partial charge in [0.1, 0.15) is 24.4 Å². The Balaban J connectivity index is 1.28. The zero-order valence-electron chi connectivity index (χ0n) is 16.9. The van der Waals surface area contributed by atoms with Gasteiger partial charge in [-0.05, 0) is 50.3 Å². The number of carbonyl (C=O) groups is 2. The summed E-state index contributed by atoms with van der Waals surface area (Å²) < 4.78 is 22.6. The van der Waals surface area contributed by atoms with Crippen LogP contribution in [0.5, 0.6) is 0 Å². The number of para-hydroxylation sites is 1. The molecule has 5 rings (SSSR count). The molecule has 0 N–H and O–H groups in total. The summed E-state index contributed by atoms with van der Waals surface area (Å²) in [4.78, 5) is 24.5. The quantitative estimate of drug-likeness (QED) is 0.325. The highest BCUT2D eigenvalue weighted by molar-refractivity contribution is 5.92. The number of ether oxygens (including phenoxy) is 3. The van der Waals surface area contributed by atoms with Crippen LogP contribution in [-0.4, -0.2) is 36.4 Å². The number of hydrogen-bond acceptors (Lipinski definition) is 6. The van der Waals surface area contributed by atoms with Crippen LogP contribution < -0.4 is 0 Å². The summed E-state index contributed by atoms with van der Waals surface area (Å²) in [5.74, 6) is -0.689. The van der Waals surface area contributed by atoms with Crippen molar-refractivity contribution < 1.29 is 28.2 Å². The number of epoxide rings is 1. The zero-order valence-corrected chi connectivity index (χ0v) is 16.9. The molecule has 0 bridgehead atoms. The fourth-order valence-electron chi connectivity index (χ4n) is 4.56. The second-order valence-corrected chi connectivity index (χ2v) is 8.52. The molecule has 0 amide bonds. The minimum Gasteiger partial charge on any atom is -0.455 e. The summed E-state index contributed by atoms with van der Waals surface area (Å²) in [6.45, 7) is 6.18. The van der Waals surface area contributed by atoms with Crippen LogP contribution in [0.4, 0.5) is 0 Å². The summed E-state index contributed by atoms with van der Waals surface area (Å²) in [5.41, 5.74) is 1.91. The molecule has 4 atom stereocenters. The molecule has 1 aromatic carbocycles. The number of rotatable bonds is 3. The Morgan fingerprint density at radius 3 is 3.00 bits per heavy atom. The van der Waals surface area contributed by atoms with Gasteiger partial charge in [0.25, 0.3) is 0 Å². The molecule has 0 unspecified atom stereocenters. The molecule has 156 valence electrons. The second kappa shape index (κ2) is 7.13. The summed E-state index contributed by atoms with van der Waals surface area (Å²) in [6, 6.07) is 9.16. The van der Waals surface area contributed by atoms with E-state index in [0.29, 0.717) is 24.0 Å². The minimum atomic E-state index is -0.483. The number of esters is 2. The third-order valence-electron chi connectivity index (χ3n) is 6.45. The Morgan fingerprint density at radius 1 is 1.33 bits per heavy atom. The van der Waals surface area contributed by atoms with E-state index >= 15 is 0 Å². The topological polar surface area (TPSA) is 78.3 Å². The predicted octanol–water partition coefficient (Wildman–Crippen LogP) is 4.35. The molecule has 1 aromatic heterocycles. The van der Waals surface area contributed by atoms with Crippen LogP contribution >= 0.6 is 0 Å². The lowest BCUT2D eigenvalue weighted by atomic mass is 9.84. The maximum absolute atomic E-state index is 12.5.